The minimum atomic E-state index is 0.148. The summed E-state index contributed by atoms with van der Waals surface area (Å²) in [6.07, 6.45) is 5.32. The number of fused-ring (bicyclic) bond motifs is 1. The van der Waals surface area contributed by atoms with Crippen LogP contribution in [0.2, 0.25) is 5.02 Å². The molecule has 3 aromatic rings. The van der Waals surface area contributed by atoms with Crippen LogP contribution in [0.15, 0.2) is 30.7 Å². The number of imidazole rings is 1. The molecule has 0 fully saturated rings. The Labute approximate surface area is 119 Å². The summed E-state index contributed by atoms with van der Waals surface area (Å²) in [6.45, 7) is 2.82. The second-order valence-corrected chi connectivity index (χ2v) is 5.23. The van der Waals surface area contributed by atoms with Gasteiger partial charge >= 0.3 is 0 Å². The highest BCUT2D eigenvalue weighted by Gasteiger charge is 2.13. The van der Waals surface area contributed by atoms with Crippen molar-refractivity contribution >= 4 is 35.0 Å². The van der Waals surface area contributed by atoms with E-state index in [2.05, 4.69) is 22.0 Å². The number of hydrogen-bond acceptors (Lipinski definition) is 3. The van der Waals surface area contributed by atoms with Crippen molar-refractivity contribution in [3.63, 3.8) is 0 Å². The van der Waals surface area contributed by atoms with Crippen LogP contribution in [0, 0.1) is 4.77 Å². The van der Waals surface area contributed by atoms with Crippen molar-refractivity contribution in [1.82, 2.24) is 24.3 Å². The molecule has 0 radical (unpaired) electrons. The molecular weight excluding hydrogens is 282 g/mol. The number of rotatable bonds is 3. The van der Waals surface area contributed by atoms with E-state index in [0.717, 1.165) is 17.7 Å². The summed E-state index contributed by atoms with van der Waals surface area (Å²) in [5, 5.41) is 4.80. The normalized spacial score (nSPS) is 12.9. The molecule has 0 saturated heterocycles. The number of nitrogens with zero attached hydrogens (tertiary/aromatic N) is 4. The fourth-order valence-corrected chi connectivity index (χ4v) is 2.69. The van der Waals surface area contributed by atoms with Crippen molar-refractivity contribution in [3.05, 3.63) is 40.5 Å². The van der Waals surface area contributed by atoms with Gasteiger partial charge in [0, 0.05) is 18.6 Å². The molecule has 19 heavy (non-hydrogen) atoms. The van der Waals surface area contributed by atoms with Gasteiger partial charge in [-0.05, 0) is 31.3 Å². The van der Waals surface area contributed by atoms with Crippen molar-refractivity contribution in [1.29, 1.82) is 0 Å². The van der Waals surface area contributed by atoms with E-state index in [4.69, 9.17) is 23.8 Å². The Morgan fingerprint density at radius 2 is 2.37 bits per heavy atom. The third kappa shape index (κ3) is 2.29. The van der Waals surface area contributed by atoms with Gasteiger partial charge < -0.3 is 4.98 Å². The van der Waals surface area contributed by atoms with Gasteiger partial charge in [-0.3, -0.25) is 9.25 Å². The number of hydrogen-bond donors (Lipinski definition) is 1. The first-order valence-corrected chi connectivity index (χ1v) is 6.67. The van der Waals surface area contributed by atoms with Crippen LogP contribution in [0.4, 0.5) is 0 Å². The molecule has 0 bridgehead atoms. The lowest BCUT2D eigenvalue weighted by molar-refractivity contribution is 0.440. The fraction of sp³-hybridized carbons (Fsp3) is 0.250. The zero-order valence-electron chi connectivity index (χ0n) is 10.2. The Kier molecular flexibility index (Phi) is 3.12. The maximum atomic E-state index is 5.94. The molecule has 0 aliphatic rings. The number of pyridine rings is 1. The van der Waals surface area contributed by atoms with Crippen molar-refractivity contribution in [2.24, 2.45) is 0 Å². The molecule has 3 aromatic heterocycles. The number of H-pyrrole nitrogens is 1. The molecule has 0 aliphatic carbocycles. The first-order chi connectivity index (χ1) is 9.15. The predicted octanol–water partition coefficient (Wildman–Crippen LogP) is 3.20. The van der Waals surface area contributed by atoms with Crippen LogP contribution in [0.5, 0.6) is 0 Å². The quantitative estimate of drug-likeness (QED) is 0.755. The average molecular weight is 294 g/mol. The Bertz CT molecular complexity index is 758. The third-order valence-corrected chi connectivity index (χ3v) is 3.48. The van der Waals surface area contributed by atoms with E-state index < -0.39 is 0 Å². The van der Waals surface area contributed by atoms with Crippen LogP contribution in [0.25, 0.3) is 11.2 Å². The number of aromatic nitrogens is 5. The van der Waals surface area contributed by atoms with Gasteiger partial charge in [-0.1, -0.05) is 11.6 Å². The van der Waals surface area contributed by atoms with Gasteiger partial charge in [-0.15, -0.1) is 0 Å². The molecule has 3 heterocycles. The Morgan fingerprint density at radius 1 is 1.53 bits per heavy atom. The summed E-state index contributed by atoms with van der Waals surface area (Å²) >= 11 is 11.3. The van der Waals surface area contributed by atoms with Crippen LogP contribution >= 0.6 is 23.8 Å². The Morgan fingerprint density at radius 3 is 3.11 bits per heavy atom. The van der Waals surface area contributed by atoms with E-state index in [9.17, 15) is 0 Å². The maximum absolute atomic E-state index is 5.94. The van der Waals surface area contributed by atoms with E-state index in [-0.39, 0.29) is 6.04 Å². The van der Waals surface area contributed by atoms with Gasteiger partial charge in [0.25, 0.3) is 0 Å². The summed E-state index contributed by atoms with van der Waals surface area (Å²) in [5.74, 6) is 0. The minimum absolute atomic E-state index is 0.148. The number of halogens is 1. The molecule has 7 heteroatoms. The van der Waals surface area contributed by atoms with E-state index in [1.54, 1.807) is 12.4 Å². The van der Waals surface area contributed by atoms with Gasteiger partial charge in [-0.25, -0.2) is 4.98 Å². The zero-order chi connectivity index (χ0) is 13.4. The highest BCUT2D eigenvalue weighted by atomic mass is 35.5. The Balaban J connectivity index is 2.04. The molecule has 0 spiro atoms. The largest absolute Gasteiger partial charge is 0.329 e. The van der Waals surface area contributed by atoms with Crippen molar-refractivity contribution in [2.45, 2.75) is 19.5 Å². The summed E-state index contributed by atoms with van der Waals surface area (Å²) < 4.78 is 4.51. The lowest BCUT2D eigenvalue weighted by atomic mass is 10.3. The minimum Gasteiger partial charge on any atom is -0.329 e. The number of nitrogens with one attached hydrogen (secondary N) is 1. The molecule has 0 aliphatic heterocycles. The lowest BCUT2D eigenvalue weighted by Gasteiger charge is -2.14. The van der Waals surface area contributed by atoms with Gasteiger partial charge in [0.1, 0.15) is 0 Å². The molecular formula is C12H12ClN5S. The van der Waals surface area contributed by atoms with E-state index in [0.29, 0.717) is 9.79 Å². The van der Waals surface area contributed by atoms with Gasteiger partial charge in [0.05, 0.1) is 23.1 Å². The molecule has 0 aromatic carbocycles. The smallest absolute Gasteiger partial charge is 0.179 e. The van der Waals surface area contributed by atoms with E-state index in [1.807, 2.05) is 27.6 Å². The van der Waals surface area contributed by atoms with Crippen molar-refractivity contribution in [3.8, 4) is 0 Å². The standard InChI is InChI=1S/C12H12ClN5S/c1-8(7-17-4-2-3-15-17)18-11-10(16-12(18)19)5-9(13)6-14-11/h2-6,8H,7H2,1H3,(H,16,19). The maximum Gasteiger partial charge on any atom is 0.179 e. The predicted molar refractivity (Wildman–Crippen MR) is 76.9 cm³/mol. The molecule has 1 N–H and O–H groups in total. The first kappa shape index (κ1) is 12.4. The topological polar surface area (TPSA) is 51.4 Å². The van der Waals surface area contributed by atoms with Crippen LogP contribution < -0.4 is 0 Å². The highest BCUT2D eigenvalue weighted by molar-refractivity contribution is 7.71. The highest BCUT2D eigenvalue weighted by Crippen LogP contribution is 2.20. The van der Waals surface area contributed by atoms with Gasteiger partial charge in [0.2, 0.25) is 0 Å². The fourth-order valence-electron chi connectivity index (χ4n) is 2.16. The number of aromatic amines is 1. The second-order valence-electron chi connectivity index (χ2n) is 4.40. The summed E-state index contributed by atoms with van der Waals surface area (Å²) in [6, 6.07) is 3.88. The van der Waals surface area contributed by atoms with Crippen molar-refractivity contribution < 1.29 is 0 Å². The molecule has 1 unspecified atom stereocenters. The first-order valence-electron chi connectivity index (χ1n) is 5.88. The Hall–Kier alpha value is -1.66. The summed E-state index contributed by atoms with van der Waals surface area (Å²) in [5.41, 5.74) is 1.67. The molecule has 98 valence electrons. The van der Waals surface area contributed by atoms with Crippen LogP contribution in [-0.4, -0.2) is 24.3 Å². The molecule has 3 rings (SSSR count). The average Bonchev–Trinajstić information content (AvgIpc) is 2.95. The summed E-state index contributed by atoms with van der Waals surface area (Å²) in [4.78, 5) is 7.48. The SMILES string of the molecule is CC(Cn1cccn1)n1c(=S)[nH]c2cc(Cl)cnc21. The van der Waals surface area contributed by atoms with Gasteiger partial charge in [0.15, 0.2) is 10.4 Å². The molecule has 1 atom stereocenters. The van der Waals surface area contributed by atoms with Crippen LogP contribution in [0.1, 0.15) is 13.0 Å². The monoisotopic (exact) mass is 293 g/mol. The third-order valence-electron chi connectivity index (χ3n) is 2.97. The molecule has 5 nitrogen and oxygen atoms in total. The van der Waals surface area contributed by atoms with Gasteiger partial charge in [-0.2, -0.15) is 5.10 Å². The summed E-state index contributed by atoms with van der Waals surface area (Å²) in [7, 11) is 0. The zero-order valence-corrected chi connectivity index (χ0v) is 11.8. The molecule has 0 amide bonds. The lowest BCUT2D eigenvalue weighted by Crippen LogP contribution is -2.14. The molecule has 0 saturated carbocycles. The van der Waals surface area contributed by atoms with Crippen LogP contribution in [-0.2, 0) is 6.54 Å². The second kappa shape index (κ2) is 4.79. The van der Waals surface area contributed by atoms with E-state index >= 15 is 0 Å². The van der Waals surface area contributed by atoms with Crippen LogP contribution in [0.3, 0.4) is 0 Å². The van der Waals surface area contributed by atoms with E-state index in [1.165, 1.54) is 0 Å². The van der Waals surface area contributed by atoms with Crippen molar-refractivity contribution in [2.75, 3.05) is 0 Å².